The fraction of sp³-hybridized carbons (Fsp3) is 0.364. The van der Waals surface area contributed by atoms with Crippen LogP contribution in [0.15, 0.2) is 24.8 Å². The van der Waals surface area contributed by atoms with Crippen molar-refractivity contribution in [1.29, 1.82) is 0 Å². The highest BCUT2D eigenvalue weighted by molar-refractivity contribution is 7.16. The van der Waals surface area contributed by atoms with E-state index in [1.165, 1.54) is 11.3 Å². The normalized spacial score (nSPS) is 12.2. The molecule has 0 aliphatic heterocycles. The zero-order valence-electron chi connectivity index (χ0n) is 9.15. The van der Waals surface area contributed by atoms with E-state index in [1.54, 1.807) is 18.0 Å². The average Bonchev–Trinajstić information content (AvgIpc) is 2.63. The Morgan fingerprint density at radius 2 is 2.44 bits per heavy atom. The summed E-state index contributed by atoms with van der Waals surface area (Å²) in [6.45, 7) is 4.11. The minimum Gasteiger partial charge on any atom is -0.339 e. The molecule has 1 aromatic rings. The van der Waals surface area contributed by atoms with Crippen LogP contribution in [0.25, 0.3) is 0 Å². The number of hydrogen-bond donors (Lipinski definition) is 1. The molecule has 0 aromatic carbocycles. The third-order valence-electron chi connectivity index (χ3n) is 2.14. The third kappa shape index (κ3) is 3.63. The van der Waals surface area contributed by atoms with E-state index in [9.17, 15) is 4.79 Å². The number of hydrogen-bond acceptors (Lipinski definition) is 3. The van der Waals surface area contributed by atoms with Gasteiger partial charge in [-0.3, -0.25) is 4.79 Å². The van der Waals surface area contributed by atoms with Crippen LogP contribution in [0.2, 0.25) is 4.34 Å². The zero-order valence-corrected chi connectivity index (χ0v) is 10.7. The van der Waals surface area contributed by atoms with Gasteiger partial charge in [-0.1, -0.05) is 17.7 Å². The Kier molecular flexibility index (Phi) is 4.99. The molecule has 1 aromatic heterocycles. The SMILES string of the molecule is C=CCC(N)C(=O)N(C)Cc1ccc(Cl)s1. The highest BCUT2D eigenvalue weighted by Crippen LogP contribution is 2.22. The molecule has 0 radical (unpaired) electrons. The summed E-state index contributed by atoms with van der Waals surface area (Å²) in [5.74, 6) is -0.0792. The second-order valence-corrected chi connectivity index (χ2v) is 5.33. The Hall–Kier alpha value is -0.840. The number of carbonyl (C=O) groups is 1. The molecule has 0 bridgehead atoms. The summed E-state index contributed by atoms with van der Waals surface area (Å²) in [5.41, 5.74) is 5.70. The van der Waals surface area contributed by atoms with Crippen molar-refractivity contribution in [3.05, 3.63) is 34.0 Å². The maximum Gasteiger partial charge on any atom is 0.239 e. The van der Waals surface area contributed by atoms with E-state index < -0.39 is 6.04 Å². The molecule has 0 aliphatic carbocycles. The van der Waals surface area contributed by atoms with Gasteiger partial charge in [-0.2, -0.15) is 0 Å². The van der Waals surface area contributed by atoms with Gasteiger partial charge in [0.15, 0.2) is 0 Å². The minimum absolute atomic E-state index is 0.0792. The molecule has 0 saturated carbocycles. The topological polar surface area (TPSA) is 46.3 Å². The zero-order chi connectivity index (χ0) is 12.1. The number of rotatable bonds is 5. The molecule has 5 heteroatoms. The molecule has 1 atom stereocenters. The Morgan fingerprint density at radius 1 is 1.75 bits per heavy atom. The largest absolute Gasteiger partial charge is 0.339 e. The standard InChI is InChI=1S/C11H15ClN2OS/c1-3-4-9(13)11(15)14(2)7-8-5-6-10(12)16-8/h3,5-6,9H,1,4,7,13H2,2H3. The van der Waals surface area contributed by atoms with Gasteiger partial charge in [-0.05, 0) is 18.6 Å². The number of nitrogens with zero attached hydrogens (tertiary/aromatic N) is 1. The first-order chi connectivity index (χ1) is 7.54. The molecule has 2 N–H and O–H groups in total. The maximum atomic E-state index is 11.8. The summed E-state index contributed by atoms with van der Waals surface area (Å²) in [4.78, 5) is 14.4. The average molecular weight is 259 g/mol. The first-order valence-corrected chi connectivity index (χ1v) is 6.09. The Bertz CT molecular complexity index is 378. The van der Waals surface area contributed by atoms with Crippen LogP contribution in [0.5, 0.6) is 0 Å². The molecular formula is C11H15ClN2OS. The van der Waals surface area contributed by atoms with E-state index in [0.29, 0.717) is 13.0 Å². The highest BCUT2D eigenvalue weighted by Gasteiger charge is 2.17. The molecular weight excluding hydrogens is 244 g/mol. The molecule has 0 fully saturated rings. The highest BCUT2D eigenvalue weighted by atomic mass is 35.5. The Balaban J connectivity index is 2.54. The van der Waals surface area contributed by atoms with Gasteiger partial charge >= 0.3 is 0 Å². The lowest BCUT2D eigenvalue weighted by atomic mass is 10.2. The molecule has 1 unspecified atom stereocenters. The van der Waals surface area contributed by atoms with Crippen LogP contribution in [-0.2, 0) is 11.3 Å². The number of halogens is 1. The first-order valence-electron chi connectivity index (χ1n) is 4.90. The molecule has 0 spiro atoms. The summed E-state index contributed by atoms with van der Waals surface area (Å²) in [6, 6.07) is 3.23. The van der Waals surface area contributed by atoms with Crippen LogP contribution in [-0.4, -0.2) is 23.9 Å². The van der Waals surface area contributed by atoms with Crippen molar-refractivity contribution in [2.45, 2.75) is 19.0 Å². The van der Waals surface area contributed by atoms with Crippen LogP contribution in [0.4, 0.5) is 0 Å². The smallest absolute Gasteiger partial charge is 0.239 e. The van der Waals surface area contributed by atoms with E-state index >= 15 is 0 Å². The second kappa shape index (κ2) is 6.03. The number of likely N-dealkylation sites (N-methyl/N-ethyl adjacent to an activating group) is 1. The van der Waals surface area contributed by atoms with Gasteiger partial charge in [-0.15, -0.1) is 17.9 Å². The molecule has 88 valence electrons. The van der Waals surface area contributed by atoms with Crippen molar-refractivity contribution in [1.82, 2.24) is 4.90 Å². The van der Waals surface area contributed by atoms with E-state index in [1.807, 2.05) is 12.1 Å². The van der Waals surface area contributed by atoms with Crippen molar-refractivity contribution >= 4 is 28.8 Å². The summed E-state index contributed by atoms with van der Waals surface area (Å²) < 4.78 is 0.728. The van der Waals surface area contributed by atoms with Crippen LogP contribution in [0, 0.1) is 0 Å². The van der Waals surface area contributed by atoms with E-state index in [-0.39, 0.29) is 5.91 Å². The summed E-state index contributed by atoms with van der Waals surface area (Å²) in [6.07, 6.45) is 2.15. The number of nitrogens with two attached hydrogens (primary N) is 1. The predicted octanol–water partition coefficient (Wildman–Crippen LogP) is 2.26. The summed E-state index contributed by atoms with van der Waals surface area (Å²) in [7, 11) is 1.74. The molecule has 1 rings (SSSR count). The molecule has 0 aliphatic rings. The van der Waals surface area contributed by atoms with E-state index in [0.717, 1.165) is 9.21 Å². The van der Waals surface area contributed by atoms with Crippen molar-refractivity contribution in [2.24, 2.45) is 5.73 Å². The third-order valence-corrected chi connectivity index (χ3v) is 3.35. The molecule has 16 heavy (non-hydrogen) atoms. The van der Waals surface area contributed by atoms with Gasteiger partial charge < -0.3 is 10.6 Å². The number of thiophene rings is 1. The van der Waals surface area contributed by atoms with Gasteiger partial charge in [0, 0.05) is 11.9 Å². The molecule has 0 saturated heterocycles. The van der Waals surface area contributed by atoms with Crippen molar-refractivity contribution in [3.8, 4) is 0 Å². The summed E-state index contributed by atoms with van der Waals surface area (Å²) >= 11 is 7.28. The minimum atomic E-state index is -0.502. The molecule has 3 nitrogen and oxygen atoms in total. The predicted molar refractivity (Wildman–Crippen MR) is 68.6 cm³/mol. The second-order valence-electron chi connectivity index (χ2n) is 3.53. The lowest BCUT2D eigenvalue weighted by Crippen LogP contribution is -2.40. The van der Waals surface area contributed by atoms with E-state index in [2.05, 4.69) is 6.58 Å². The first kappa shape index (κ1) is 13.2. The van der Waals surface area contributed by atoms with Crippen LogP contribution in [0.3, 0.4) is 0 Å². The molecule has 1 amide bonds. The van der Waals surface area contributed by atoms with Gasteiger partial charge in [-0.25, -0.2) is 0 Å². The number of amides is 1. The maximum absolute atomic E-state index is 11.8. The number of carbonyl (C=O) groups excluding carboxylic acids is 1. The van der Waals surface area contributed by atoms with Crippen molar-refractivity contribution in [3.63, 3.8) is 0 Å². The van der Waals surface area contributed by atoms with E-state index in [4.69, 9.17) is 17.3 Å². The fourth-order valence-corrected chi connectivity index (χ4v) is 2.45. The quantitative estimate of drug-likeness (QED) is 0.824. The van der Waals surface area contributed by atoms with Crippen LogP contribution < -0.4 is 5.73 Å². The van der Waals surface area contributed by atoms with Crippen molar-refractivity contribution < 1.29 is 4.79 Å². The monoisotopic (exact) mass is 258 g/mol. The van der Waals surface area contributed by atoms with Gasteiger partial charge in [0.05, 0.1) is 16.9 Å². The van der Waals surface area contributed by atoms with Gasteiger partial charge in [0.2, 0.25) is 5.91 Å². The Labute approximate surface area is 105 Å². The van der Waals surface area contributed by atoms with Gasteiger partial charge in [0.1, 0.15) is 0 Å². The van der Waals surface area contributed by atoms with Crippen molar-refractivity contribution in [2.75, 3.05) is 7.05 Å². The van der Waals surface area contributed by atoms with Crippen LogP contribution in [0.1, 0.15) is 11.3 Å². The van der Waals surface area contributed by atoms with Gasteiger partial charge in [0.25, 0.3) is 0 Å². The lowest BCUT2D eigenvalue weighted by Gasteiger charge is -2.19. The van der Waals surface area contributed by atoms with Crippen LogP contribution >= 0.6 is 22.9 Å². The Morgan fingerprint density at radius 3 is 2.94 bits per heavy atom. The lowest BCUT2D eigenvalue weighted by molar-refractivity contribution is -0.131. The molecule has 1 heterocycles. The fourth-order valence-electron chi connectivity index (χ4n) is 1.31. The summed E-state index contributed by atoms with van der Waals surface area (Å²) in [5, 5.41) is 0.